The van der Waals surface area contributed by atoms with Gasteiger partial charge in [-0.2, -0.15) is 0 Å². The van der Waals surface area contributed by atoms with Crippen LogP contribution >= 0.6 is 0 Å². The number of ketones is 1. The highest BCUT2D eigenvalue weighted by Crippen LogP contribution is 2.48. The Hall–Kier alpha value is -2.87. The SMILES string of the molecule is COC(/C=C/c1ccccc1)C1(C(/C=C/c2ccccc2)OC)C(O)C(=O)C=CC1(O)O. The number of rotatable bonds is 8. The van der Waals surface area contributed by atoms with Crippen molar-refractivity contribution in [1.29, 1.82) is 0 Å². The van der Waals surface area contributed by atoms with E-state index in [2.05, 4.69) is 0 Å². The molecule has 0 spiro atoms. The fourth-order valence-corrected chi connectivity index (χ4v) is 4.15. The second-order valence-corrected chi connectivity index (χ2v) is 7.65. The average Bonchev–Trinajstić information content (AvgIpc) is 2.81. The molecule has 0 aliphatic heterocycles. The minimum atomic E-state index is -2.62. The fourth-order valence-electron chi connectivity index (χ4n) is 4.15. The zero-order valence-electron chi connectivity index (χ0n) is 18.0. The topological polar surface area (TPSA) is 96.2 Å². The molecule has 32 heavy (non-hydrogen) atoms. The van der Waals surface area contributed by atoms with Crippen molar-refractivity contribution in [1.82, 2.24) is 0 Å². The molecule has 2 aromatic carbocycles. The quantitative estimate of drug-likeness (QED) is 0.551. The van der Waals surface area contributed by atoms with Crippen molar-refractivity contribution in [2.75, 3.05) is 14.2 Å². The maximum atomic E-state index is 12.6. The van der Waals surface area contributed by atoms with Crippen LogP contribution in [0.3, 0.4) is 0 Å². The Morgan fingerprint density at radius 2 is 1.28 bits per heavy atom. The third-order valence-corrected chi connectivity index (χ3v) is 5.81. The first-order valence-corrected chi connectivity index (χ1v) is 10.2. The van der Waals surface area contributed by atoms with Gasteiger partial charge in [-0.25, -0.2) is 0 Å². The van der Waals surface area contributed by atoms with Crippen LogP contribution in [0, 0.1) is 5.41 Å². The lowest BCUT2D eigenvalue weighted by Gasteiger charge is -2.52. The second kappa shape index (κ2) is 10.2. The summed E-state index contributed by atoms with van der Waals surface area (Å²) in [5.41, 5.74) is -0.307. The zero-order valence-corrected chi connectivity index (χ0v) is 18.0. The standard InChI is InChI=1S/C26H28O6/c1-31-22(15-13-19-9-5-3-6-10-19)26(24(28)21(27)17-18-25(26,29)30)23(32-2)16-14-20-11-7-4-8-12-20/h3-18,22-24,28-30H,1-2H3/b15-13+,16-14+. The molecule has 3 atom stereocenters. The van der Waals surface area contributed by atoms with Gasteiger partial charge < -0.3 is 24.8 Å². The molecule has 0 bridgehead atoms. The highest BCUT2D eigenvalue weighted by atomic mass is 16.5. The smallest absolute Gasteiger partial charge is 0.197 e. The molecule has 0 fully saturated rings. The number of aliphatic hydroxyl groups excluding tert-OH is 1. The third kappa shape index (κ3) is 4.50. The van der Waals surface area contributed by atoms with Gasteiger partial charge in [0.2, 0.25) is 0 Å². The summed E-state index contributed by atoms with van der Waals surface area (Å²) in [7, 11) is 2.75. The number of ether oxygens (including phenoxy) is 2. The third-order valence-electron chi connectivity index (χ3n) is 5.81. The summed E-state index contributed by atoms with van der Waals surface area (Å²) in [6, 6.07) is 18.7. The molecule has 3 unspecified atom stereocenters. The van der Waals surface area contributed by atoms with Gasteiger partial charge in [-0.3, -0.25) is 4.79 Å². The Morgan fingerprint density at radius 1 is 0.844 bits per heavy atom. The molecular weight excluding hydrogens is 408 g/mol. The maximum absolute atomic E-state index is 12.6. The van der Waals surface area contributed by atoms with Gasteiger partial charge in [0.05, 0.1) is 12.2 Å². The number of hydrogen-bond acceptors (Lipinski definition) is 6. The average molecular weight is 437 g/mol. The summed E-state index contributed by atoms with van der Waals surface area (Å²) in [4.78, 5) is 12.6. The minimum absolute atomic E-state index is 0.672. The first kappa shape index (κ1) is 23.8. The molecule has 0 saturated carbocycles. The molecule has 6 nitrogen and oxygen atoms in total. The first-order chi connectivity index (χ1) is 15.4. The van der Waals surface area contributed by atoms with Gasteiger partial charge in [-0.05, 0) is 23.3 Å². The Kier molecular flexibility index (Phi) is 7.56. The Morgan fingerprint density at radius 3 is 1.69 bits per heavy atom. The van der Waals surface area contributed by atoms with Crippen molar-refractivity contribution in [3.63, 3.8) is 0 Å². The summed E-state index contributed by atoms with van der Waals surface area (Å²) in [6.45, 7) is 0. The van der Waals surface area contributed by atoms with Crippen LogP contribution in [-0.4, -0.2) is 59.4 Å². The highest BCUT2D eigenvalue weighted by molar-refractivity contribution is 5.96. The van der Waals surface area contributed by atoms with E-state index in [1.807, 2.05) is 60.7 Å². The van der Waals surface area contributed by atoms with Gasteiger partial charge in [0.1, 0.15) is 11.5 Å². The van der Waals surface area contributed by atoms with Crippen LogP contribution in [-0.2, 0) is 14.3 Å². The van der Waals surface area contributed by atoms with Crippen molar-refractivity contribution < 1.29 is 29.6 Å². The molecule has 168 valence electrons. The number of hydrogen-bond donors (Lipinski definition) is 3. The minimum Gasteiger partial charge on any atom is -0.384 e. The number of methoxy groups -OCH3 is 2. The molecular formula is C26H28O6. The molecule has 1 aliphatic rings. The van der Waals surface area contributed by atoms with E-state index in [0.717, 1.165) is 23.3 Å². The van der Waals surface area contributed by atoms with Crippen molar-refractivity contribution in [2.45, 2.75) is 24.1 Å². The largest absolute Gasteiger partial charge is 0.384 e. The molecule has 3 N–H and O–H groups in total. The number of aliphatic hydroxyl groups is 3. The van der Waals surface area contributed by atoms with Gasteiger partial charge in [0, 0.05) is 14.2 Å². The molecule has 0 heterocycles. The van der Waals surface area contributed by atoms with E-state index in [4.69, 9.17) is 9.47 Å². The summed E-state index contributed by atoms with van der Waals surface area (Å²) < 4.78 is 11.3. The maximum Gasteiger partial charge on any atom is 0.197 e. The predicted molar refractivity (Wildman–Crippen MR) is 122 cm³/mol. The molecule has 2 aromatic rings. The van der Waals surface area contributed by atoms with E-state index in [9.17, 15) is 20.1 Å². The lowest BCUT2D eigenvalue weighted by molar-refractivity contribution is -0.290. The van der Waals surface area contributed by atoms with E-state index in [1.54, 1.807) is 24.3 Å². The van der Waals surface area contributed by atoms with Crippen LogP contribution in [0.4, 0.5) is 0 Å². The summed E-state index contributed by atoms with van der Waals surface area (Å²) in [5, 5.41) is 33.3. The predicted octanol–water partition coefficient (Wildman–Crippen LogP) is 2.61. The van der Waals surface area contributed by atoms with Crippen LogP contribution < -0.4 is 0 Å². The van der Waals surface area contributed by atoms with Gasteiger partial charge in [-0.1, -0.05) is 85.0 Å². The monoisotopic (exact) mass is 436 g/mol. The summed E-state index contributed by atoms with van der Waals surface area (Å²) >= 11 is 0. The normalized spacial score (nSPS) is 24.8. The van der Waals surface area contributed by atoms with Gasteiger partial charge >= 0.3 is 0 Å². The van der Waals surface area contributed by atoms with Gasteiger partial charge in [-0.15, -0.1) is 0 Å². The van der Waals surface area contributed by atoms with Crippen LogP contribution in [0.2, 0.25) is 0 Å². The first-order valence-electron chi connectivity index (χ1n) is 10.2. The lowest BCUT2D eigenvalue weighted by atomic mass is 9.62. The molecule has 0 saturated heterocycles. The summed E-state index contributed by atoms with van der Waals surface area (Å²) in [5.74, 6) is -3.29. The molecule has 0 aromatic heterocycles. The van der Waals surface area contributed by atoms with E-state index in [-0.39, 0.29) is 0 Å². The lowest BCUT2D eigenvalue weighted by Crippen LogP contribution is -2.69. The Balaban J connectivity index is 2.14. The number of benzene rings is 2. The molecule has 6 heteroatoms. The van der Waals surface area contributed by atoms with Gasteiger partial charge in [0.25, 0.3) is 0 Å². The van der Waals surface area contributed by atoms with Crippen LogP contribution in [0.1, 0.15) is 11.1 Å². The van der Waals surface area contributed by atoms with Gasteiger partial charge in [0.15, 0.2) is 11.6 Å². The second-order valence-electron chi connectivity index (χ2n) is 7.65. The molecule has 0 amide bonds. The van der Waals surface area contributed by atoms with E-state index in [0.29, 0.717) is 0 Å². The Labute approximate surface area is 187 Å². The van der Waals surface area contributed by atoms with Crippen molar-refractivity contribution in [2.24, 2.45) is 5.41 Å². The molecule has 3 rings (SSSR count). The van der Waals surface area contributed by atoms with Crippen molar-refractivity contribution in [3.8, 4) is 0 Å². The van der Waals surface area contributed by atoms with E-state index >= 15 is 0 Å². The number of carbonyl (C=O) groups excluding carboxylic acids is 1. The Bertz CT molecular complexity index is 920. The highest BCUT2D eigenvalue weighted by Gasteiger charge is 2.65. The zero-order chi connectivity index (χ0) is 23.2. The van der Waals surface area contributed by atoms with Crippen molar-refractivity contribution in [3.05, 3.63) is 96.1 Å². The molecule has 1 aliphatic carbocycles. The van der Waals surface area contributed by atoms with E-state index in [1.165, 1.54) is 14.2 Å². The van der Waals surface area contributed by atoms with Crippen LogP contribution in [0.15, 0.2) is 85.0 Å². The van der Waals surface area contributed by atoms with E-state index < -0.39 is 35.3 Å². The molecule has 0 radical (unpaired) electrons. The summed E-state index contributed by atoms with van der Waals surface area (Å²) in [6.07, 6.45) is 4.56. The fraction of sp³-hybridized carbons (Fsp3) is 0.269. The van der Waals surface area contributed by atoms with Crippen molar-refractivity contribution >= 4 is 17.9 Å². The number of carbonyl (C=O) groups is 1. The van der Waals surface area contributed by atoms with Crippen LogP contribution in [0.25, 0.3) is 12.2 Å². The van der Waals surface area contributed by atoms with Crippen LogP contribution in [0.5, 0.6) is 0 Å².